The molecule has 0 fully saturated rings. The summed E-state index contributed by atoms with van der Waals surface area (Å²) in [5.74, 6) is -4.57. The van der Waals surface area contributed by atoms with Crippen molar-refractivity contribution >= 4 is 48.2 Å². The van der Waals surface area contributed by atoms with E-state index >= 15 is 0 Å². The molecular weight excluding hydrogens is 494 g/mol. The first-order valence-electron chi connectivity index (χ1n) is 11.5. The fraction of sp³-hybridized carbons (Fsp3) is 0.700. The number of aliphatic imine (C=N–C) groups is 1. The molecule has 0 aliphatic rings. The summed E-state index contributed by atoms with van der Waals surface area (Å²) in [7, 11) is 0. The number of carboxylic acid groups (broad SMARTS) is 1. The predicted molar refractivity (Wildman–Crippen MR) is 137 cm³/mol. The number of nitrogens with two attached hydrogens (primary N) is 5. The number of nitrogens with one attached hydrogen (secondary N) is 3. The van der Waals surface area contributed by atoms with E-state index in [4.69, 9.17) is 33.8 Å². The fourth-order valence-corrected chi connectivity index (χ4v) is 3.22. The number of rotatable bonds is 19. The number of nitrogens with zero attached hydrogens (tertiary/aromatic N) is 1. The van der Waals surface area contributed by atoms with Crippen molar-refractivity contribution in [3.8, 4) is 0 Å². The van der Waals surface area contributed by atoms with E-state index in [1.807, 2.05) is 0 Å². The molecule has 0 aliphatic carbocycles. The topological polar surface area (TPSA) is 284 Å². The third-order valence-electron chi connectivity index (χ3n) is 4.99. The fourth-order valence-electron chi connectivity index (χ4n) is 2.98. The zero-order valence-corrected chi connectivity index (χ0v) is 21.0. The van der Waals surface area contributed by atoms with Crippen molar-refractivity contribution < 1.29 is 29.1 Å². The zero-order chi connectivity index (χ0) is 27.7. The van der Waals surface area contributed by atoms with Gasteiger partial charge in [-0.1, -0.05) is 6.42 Å². The molecule has 0 saturated heterocycles. The molecule has 14 N–H and O–H groups in total. The number of thiol groups is 1. The summed E-state index contributed by atoms with van der Waals surface area (Å²) in [4.78, 5) is 64.6. The maximum Gasteiger partial charge on any atom is 0.327 e. The Morgan fingerprint density at radius 2 is 1.36 bits per heavy atom. The smallest absolute Gasteiger partial charge is 0.327 e. The highest BCUT2D eigenvalue weighted by Crippen LogP contribution is 2.06. The molecule has 4 unspecified atom stereocenters. The molecule has 0 aromatic rings. The van der Waals surface area contributed by atoms with Crippen LogP contribution in [0.5, 0.6) is 0 Å². The summed E-state index contributed by atoms with van der Waals surface area (Å²) in [5, 5.41) is 16.4. The summed E-state index contributed by atoms with van der Waals surface area (Å²) in [6.45, 7) is 0.632. The second-order valence-electron chi connectivity index (χ2n) is 8.05. The van der Waals surface area contributed by atoms with Crippen LogP contribution in [0.2, 0.25) is 0 Å². The van der Waals surface area contributed by atoms with E-state index in [2.05, 4.69) is 33.6 Å². The lowest BCUT2D eigenvalue weighted by Gasteiger charge is -2.25. The number of amides is 4. The number of aliphatic carboxylic acids is 1. The number of unbranched alkanes of at least 4 members (excludes halogenated alkanes) is 1. The molecule has 0 saturated carbocycles. The summed E-state index contributed by atoms with van der Waals surface area (Å²) in [6, 6.07) is -4.63. The van der Waals surface area contributed by atoms with Gasteiger partial charge in [0.2, 0.25) is 23.6 Å². The van der Waals surface area contributed by atoms with Crippen molar-refractivity contribution in [3.05, 3.63) is 0 Å². The molecule has 4 atom stereocenters. The van der Waals surface area contributed by atoms with Gasteiger partial charge in [0.1, 0.15) is 18.1 Å². The first kappa shape index (κ1) is 32.9. The van der Waals surface area contributed by atoms with E-state index in [-0.39, 0.29) is 37.5 Å². The molecule has 15 nitrogen and oxygen atoms in total. The van der Waals surface area contributed by atoms with Gasteiger partial charge in [-0.15, -0.1) is 0 Å². The summed E-state index contributed by atoms with van der Waals surface area (Å²) in [5.41, 5.74) is 27.1. The molecule has 0 aromatic heterocycles. The third-order valence-corrected chi connectivity index (χ3v) is 5.36. The van der Waals surface area contributed by atoms with Gasteiger partial charge in [-0.2, -0.15) is 12.6 Å². The van der Waals surface area contributed by atoms with Crippen molar-refractivity contribution in [1.82, 2.24) is 16.0 Å². The number of guanidine groups is 1. The quantitative estimate of drug-likeness (QED) is 0.0334. The Labute approximate surface area is 215 Å². The largest absolute Gasteiger partial charge is 0.480 e. The van der Waals surface area contributed by atoms with Gasteiger partial charge in [0.15, 0.2) is 5.96 Å². The molecule has 0 heterocycles. The third kappa shape index (κ3) is 14.3. The van der Waals surface area contributed by atoms with Crippen molar-refractivity contribution in [2.75, 3.05) is 18.8 Å². The van der Waals surface area contributed by atoms with E-state index in [0.29, 0.717) is 32.2 Å². The highest BCUT2D eigenvalue weighted by atomic mass is 32.1. The first-order chi connectivity index (χ1) is 16.9. The van der Waals surface area contributed by atoms with E-state index in [9.17, 15) is 24.0 Å². The van der Waals surface area contributed by atoms with Crippen molar-refractivity contribution in [3.63, 3.8) is 0 Å². The number of carbonyl (C=O) groups is 5. The minimum Gasteiger partial charge on any atom is -0.480 e. The van der Waals surface area contributed by atoms with Gasteiger partial charge >= 0.3 is 5.97 Å². The van der Waals surface area contributed by atoms with Crippen LogP contribution in [0.4, 0.5) is 0 Å². The summed E-state index contributed by atoms with van der Waals surface area (Å²) >= 11 is 3.88. The number of carbonyl (C=O) groups excluding carboxylic acids is 4. The van der Waals surface area contributed by atoms with Crippen LogP contribution >= 0.6 is 12.6 Å². The predicted octanol–water partition coefficient (Wildman–Crippen LogP) is -3.77. The minimum atomic E-state index is -1.33. The molecule has 0 bridgehead atoms. The SMILES string of the molecule is NCCCCC(N)C(=O)NC(CCCN=C(N)N)C(=O)NC(CCC(N)=O)C(=O)NC(CS)C(=O)O. The summed E-state index contributed by atoms with van der Waals surface area (Å²) in [6.07, 6.45) is 1.61. The average molecular weight is 534 g/mol. The standard InChI is InChI=1S/C20H39N9O6S/c21-8-2-1-4-11(22)16(31)27-12(5-3-9-26-20(24)25)17(32)28-13(6-7-15(23)30)18(33)29-14(10-36)19(34)35/h11-14,36H,1-10,21-22H2,(H2,23,30)(H,27,31)(H,28,32)(H,29,33)(H,34,35)(H4,24,25,26). The Morgan fingerprint density at radius 3 is 1.86 bits per heavy atom. The normalized spacial score (nSPS) is 14.0. The lowest BCUT2D eigenvalue weighted by atomic mass is 10.1. The van der Waals surface area contributed by atoms with Gasteiger partial charge in [-0.3, -0.25) is 24.2 Å². The highest BCUT2D eigenvalue weighted by Gasteiger charge is 2.30. The first-order valence-corrected chi connectivity index (χ1v) is 12.1. The highest BCUT2D eigenvalue weighted by molar-refractivity contribution is 7.80. The number of primary amides is 1. The Morgan fingerprint density at radius 1 is 0.806 bits per heavy atom. The van der Waals surface area contributed by atoms with Crippen molar-refractivity contribution in [1.29, 1.82) is 0 Å². The van der Waals surface area contributed by atoms with Crippen LogP contribution < -0.4 is 44.6 Å². The molecule has 0 spiro atoms. The van der Waals surface area contributed by atoms with Crippen LogP contribution in [0, 0.1) is 0 Å². The van der Waals surface area contributed by atoms with Crippen LogP contribution in [-0.2, 0) is 24.0 Å². The van der Waals surface area contributed by atoms with Gasteiger partial charge in [-0.25, -0.2) is 4.79 Å². The Hall–Kier alpha value is -3.11. The summed E-state index contributed by atoms with van der Waals surface area (Å²) < 4.78 is 0. The average Bonchev–Trinajstić information content (AvgIpc) is 2.80. The van der Waals surface area contributed by atoms with E-state index in [1.165, 1.54) is 0 Å². The molecular formula is C20H39N9O6S. The van der Waals surface area contributed by atoms with E-state index in [1.54, 1.807) is 0 Å². The van der Waals surface area contributed by atoms with Crippen LogP contribution in [0.25, 0.3) is 0 Å². The Kier molecular flexibility index (Phi) is 16.6. The second kappa shape index (κ2) is 18.2. The van der Waals surface area contributed by atoms with E-state index < -0.39 is 53.8 Å². The monoisotopic (exact) mass is 533 g/mol. The van der Waals surface area contributed by atoms with Gasteiger partial charge in [0.05, 0.1) is 6.04 Å². The van der Waals surface area contributed by atoms with E-state index in [0.717, 1.165) is 0 Å². The number of hydrogen-bond acceptors (Lipinski definition) is 9. The van der Waals surface area contributed by atoms with Gasteiger partial charge in [0.25, 0.3) is 0 Å². The van der Waals surface area contributed by atoms with Gasteiger partial charge in [-0.05, 0) is 38.6 Å². The van der Waals surface area contributed by atoms with Crippen molar-refractivity contribution in [2.24, 2.45) is 33.7 Å². The van der Waals surface area contributed by atoms with Gasteiger partial charge < -0.3 is 49.7 Å². The van der Waals surface area contributed by atoms with Gasteiger partial charge in [0, 0.05) is 18.7 Å². The minimum absolute atomic E-state index is 0.0996. The zero-order valence-electron chi connectivity index (χ0n) is 20.2. The second-order valence-corrected chi connectivity index (χ2v) is 8.41. The molecule has 0 aromatic carbocycles. The molecule has 0 rings (SSSR count). The Balaban J connectivity index is 5.54. The van der Waals surface area contributed by atoms with Crippen LogP contribution in [-0.4, -0.2) is 83.7 Å². The molecule has 206 valence electrons. The Bertz CT molecular complexity index is 779. The molecule has 16 heteroatoms. The lowest BCUT2D eigenvalue weighted by molar-refractivity contribution is -0.141. The molecule has 0 radical (unpaired) electrons. The van der Waals surface area contributed by atoms with Crippen LogP contribution in [0.1, 0.15) is 44.9 Å². The van der Waals surface area contributed by atoms with Crippen molar-refractivity contribution in [2.45, 2.75) is 69.1 Å². The maximum absolute atomic E-state index is 13.0. The maximum atomic E-state index is 13.0. The molecule has 0 aliphatic heterocycles. The molecule has 4 amide bonds. The number of hydrogen-bond donors (Lipinski definition) is 10. The number of carboxylic acids is 1. The van der Waals surface area contributed by atoms with Crippen LogP contribution in [0.3, 0.4) is 0 Å². The lowest BCUT2D eigenvalue weighted by Crippen LogP contribution is -2.57. The van der Waals surface area contributed by atoms with Crippen LogP contribution in [0.15, 0.2) is 4.99 Å². The molecule has 36 heavy (non-hydrogen) atoms.